The Hall–Kier alpha value is -0.930. The van der Waals surface area contributed by atoms with Crippen LogP contribution in [-0.4, -0.2) is 43.3 Å². The lowest BCUT2D eigenvalue weighted by molar-refractivity contribution is 0.188. The lowest BCUT2D eigenvalue weighted by Crippen LogP contribution is -2.42. The Kier molecular flexibility index (Phi) is 5.14. The lowest BCUT2D eigenvalue weighted by Gasteiger charge is -2.28. The number of halogens is 1. The molecule has 1 fully saturated rings. The minimum Gasteiger partial charge on any atom is -0.312 e. The summed E-state index contributed by atoms with van der Waals surface area (Å²) in [6.07, 6.45) is 2.13. The Balaban J connectivity index is 1.95. The summed E-state index contributed by atoms with van der Waals surface area (Å²) < 4.78 is 12.6. The second kappa shape index (κ2) is 6.86. The van der Waals surface area contributed by atoms with Gasteiger partial charge in [-0.2, -0.15) is 0 Å². The number of rotatable bonds is 4. The minimum atomic E-state index is -0.248. The molecule has 2 atom stereocenters. The molecule has 0 aliphatic carbocycles. The fourth-order valence-electron chi connectivity index (χ4n) is 2.66. The van der Waals surface area contributed by atoms with Gasteiger partial charge in [0.05, 0.1) is 0 Å². The third-order valence-corrected chi connectivity index (χ3v) is 3.77. The van der Waals surface area contributed by atoms with Gasteiger partial charge in [-0.15, -0.1) is 0 Å². The zero-order chi connectivity index (χ0) is 12.8. The second-order valence-corrected chi connectivity index (χ2v) is 5.16. The molecule has 0 bridgehead atoms. The first-order valence-electron chi connectivity index (χ1n) is 6.87. The Morgan fingerprint density at radius 1 is 1.33 bits per heavy atom. The predicted molar refractivity (Wildman–Crippen MR) is 73.6 cm³/mol. The monoisotopic (exact) mass is 250 g/mol. The van der Waals surface area contributed by atoms with Crippen molar-refractivity contribution in [1.29, 1.82) is 0 Å². The smallest absolute Gasteiger partial charge is 0.102 e. The largest absolute Gasteiger partial charge is 0.312 e. The first-order chi connectivity index (χ1) is 8.79. The topological polar surface area (TPSA) is 15.3 Å². The van der Waals surface area contributed by atoms with Crippen LogP contribution in [-0.2, 0) is 6.42 Å². The number of alkyl halides is 1. The van der Waals surface area contributed by atoms with Crippen molar-refractivity contribution < 1.29 is 4.39 Å². The molecule has 0 radical (unpaired) electrons. The number of nitrogens with one attached hydrogen (secondary N) is 1. The Labute approximate surface area is 109 Å². The molecule has 18 heavy (non-hydrogen) atoms. The van der Waals surface area contributed by atoms with Crippen LogP contribution in [0, 0.1) is 0 Å². The van der Waals surface area contributed by atoms with Gasteiger partial charge in [0.15, 0.2) is 0 Å². The van der Waals surface area contributed by atoms with Crippen LogP contribution in [0.5, 0.6) is 0 Å². The third kappa shape index (κ3) is 3.79. The number of benzene rings is 1. The van der Waals surface area contributed by atoms with Gasteiger partial charge in [0.2, 0.25) is 0 Å². The van der Waals surface area contributed by atoms with Crippen molar-refractivity contribution in [3.63, 3.8) is 0 Å². The van der Waals surface area contributed by atoms with Crippen LogP contribution in [0.2, 0.25) is 0 Å². The van der Waals surface area contributed by atoms with Crippen LogP contribution in [0.15, 0.2) is 30.3 Å². The first kappa shape index (κ1) is 13.5. The fourth-order valence-corrected chi connectivity index (χ4v) is 2.66. The van der Waals surface area contributed by atoms with Gasteiger partial charge in [-0.3, -0.25) is 4.90 Å². The molecule has 100 valence electrons. The molecule has 3 heteroatoms. The van der Waals surface area contributed by atoms with Crippen molar-refractivity contribution >= 4 is 0 Å². The molecular formula is C15H23FN2. The molecule has 1 saturated heterocycles. The summed E-state index contributed by atoms with van der Waals surface area (Å²) in [5, 5.41) is 3.58. The van der Waals surface area contributed by atoms with E-state index in [2.05, 4.69) is 41.4 Å². The molecular weight excluding hydrogens is 227 g/mol. The molecule has 0 saturated carbocycles. The summed E-state index contributed by atoms with van der Waals surface area (Å²) in [6.45, 7) is 4.49. The molecule has 2 nitrogen and oxygen atoms in total. The van der Waals surface area contributed by atoms with E-state index in [0.717, 1.165) is 25.9 Å². The van der Waals surface area contributed by atoms with Gasteiger partial charge in [-0.05, 0) is 31.9 Å². The summed E-state index contributed by atoms with van der Waals surface area (Å²) in [7, 11) is 0. The van der Waals surface area contributed by atoms with E-state index in [1.165, 1.54) is 5.56 Å². The van der Waals surface area contributed by atoms with E-state index in [0.29, 0.717) is 18.6 Å². The Morgan fingerprint density at radius 3 is 2.83 bits per heavy atom. The van der Waals surface area contributed by atoms with Crippen LogP contribution < -0.4 is 5.32 Å². The van der Waals surface area contributed by atoms with E-state index >= 15 is 0 Å². The van der Waals surface area contributed by atoms with Crippen molar-refractivity contribution in [2.24, 2.45) is 0 Å². The van der Waals surface area contributed by atoms with Crippen LogP contribution in [0.4, 0.5) is 4.39 Å². The van der Waals surface area contributed by atoms with E-state index in [-0.39, 0.29) is 6.67 Å². The highest BCUT2D eigenvalue weighted by Gasteiger charge is 2.22. The van der Waals surface area contributed by atoms with Crippen LogP contribution in [0.1, 0.15) is 18.9 Å². The summed E-state index contributed by atoms with van der Waals surface area (Å²) in [5.41, 5.74) is 1.35. The predicted octanol–water partition coefficient (Wildman–Crippen LogP) is 2.25. The van der Waals surface area contributed by atoms with Gasteiger partial charge in [-0.25, -0.2) is 4.39 Å². The zero-order valence-electron chi connectivity index (χ0n) is 11.1. The fraction of sp³-hybridized carbons (Fsp3) is 0.600. The van der Waals surface area contributed by atoms with E-state index in [1.54, 1.807) is 0 Å². The van der Waals surface area contributed by atoms with Crippen LogP contribution in [0.3, 0.4) is 0 Å². The third-order valence-electron chi connectivity index (χ3n) is 3.77. The highest BCUT2D eigenvalue weighted by Crippen LogP contribution is 2.12. The van der Waals surface area contributed by atoms with Crippen LogP contribution >= 0.6 is 0 Å². The second-order valence-electron chi connectivity index (χ2n) is 5.16. The van der Waals surface area contributed by atoms with E-state index in [4.69, 9.17) is 0 Å². The normalized spacial score (nSPS) is 25.9. The zero-order valence-corrected chi connectivity index (χ0v) is 11.1. The maximum Gasteiger partial charge on any atom is 0.102 e. The van der Waals surface area contributed by atoms with E-state index < -0.39 is 0 Å². The average Bonchev–Trinajstić information content (AvgIpc) is 2.54. The van der Waals surface area contributed by atoms with E-state index in [1.807, 2.05) is 6.07 Å². The molecule has 2 rings (SSSR count). The van der Waals surface area contributed by atoms with Gasteiger partial charge in [-0.1, -0.05) is 30.3 Å². The summed E-state index contributed by atoms with van der Waals surface area (Å²) in [5.74, 6) is 0. The van der Waals surface area contributed by atoms with Gasteiger partial charge in [0.1, 0.15) is 6.67 Å². The molecule has 0 aromatic heterocycles. The molecule has 2 unspecified atom stereocenters. The van der Waals surface area contributed by atoms with Gasteiger partial charge < -0.3 is 5.32 Å². The van der Waals surface area contributed by atoms with Crippen molar-refractivity contribution in [3.8, 4) is 0 Å². The van der Waals surface area contributed by atoms with Gasteiger partial charge >= 0.3 is 0 Å². The van der Waals surface area contributed by atoms with Crippen LogP contribution in [0.25, 0.3) is 0 Å². The van der Waals surface area contributed by atoms with E-state index in [9.17, 15) is 4.39 Å². The summed E-state index contributed by atoms with van der Waals surface area (Å²) in [6, 6.07) is 11.4. The molecule has 1 aliphatic rings. The quantitative estimate of drug-likeness (QED) is 0.881. The highest BCUT2D eigenvalue weighted by atomic mass is 19.1. The number of hydrogen-bond donors (Lipinski definition) is 1. The van der Waals surface area contributed by atoms with Crippen molar-refractivity contribution in [1.82, 2.24) is 10.2 Å². The molecule has 1 N–H and O–H groups in total. The first-order valence-corrected chi connectivity index (χ1v) is 6.87. The van der Waals surface area contributed by atoms with Gasteiger partial charge in [0, 0.05) is 25.2 Å². The molecule has 1 heterocycles. The number of nitrogens with zero attached hydrogens (tertiary/aromatic N) is 1. The molecule has 0 amide bonds. The summed E-state index contributed by atoms with van der Waals surface area (Å²) in [4.78, 5) is 2.27. The van der Waals surface area contributed by atoms with Crippen molar-refractivity contribution in [2.45, 2.75) is 31.8 Å². The van der Waals surface area contributed by atoms with Gasteiger partial charge in [0.25, 0.3) is 0 Å². The average molecular weight is 250 g/mol. The molecule has 1 aromatic carbocycles. The highest BCUT2D eigenvalue weighted by molar-refractivity contribution is 5.16. The Bertz CT molecular complexity index is 342. The van der Waals surface area contributed by atoms with Crippen molar-refractivity contribution in [3.05, 3.63) is 35.9 Å². The Morgan fingerprint density at radius 2 is 2.11 bits per heavy atom. The maximum absolute atomic E-state index is 12.6. The minimum absolute atomic E-state index is 0.248. The summed E-state index contributed by atoms with van der Waals surface area (Å²) >= 11 is 0. The molecule has 1 aliphatic heterocycles. The molecule has 0 spiro atoms. The molecule has 1 aromatic rings. The lowest BCUT2D eigenvalue weighted by atomic mass is 10.1. The van der Waals surface area contributed by atoms with Crippen molar-refractivity contribution in [2.75, 3.05) is 26.3 Å². The SMILES string of the molecule is CC1CCNC(Cc2ccccc2)CN1CCF. The maximum atomic E-state index is 12.6. The number of hydrogen-bond acceptors (Lipinski definition) is 2. The standard InChI is InChI=1S/C15H23FN2/c1-13-7-9-17-15(12-18(13)10-8-16)11-14-5-3-2-4-6-14/h2-6,13,15,17H,7-12H2,1H3.